The molecule has 0 saturated carbocycles. The molecule has 0 bridgehead atoms. The molecule has 3 aromatic carbocycles. The van der Waals surface area contributed by atoms with E-state index in [9.17, 15) is 0 Å². The molecule has 0 aliphatic heterocycles. The minimum Gasteiger partial charge on any atom is -0.455 e. The summed E-state index contributed by atoms with van der Waals surface area (Å²) >= 11 is 0. The minimum absolute atomic E-state index is 0.618. The van der Waals surface area contributed by atoms with Gasteiger partial charge in [0.25, 0.3) is 0 Å². The summed E-state index contributed by atoms with van der Waals surface area (Å²) in [5.74, 6) is 1.55. The smallest absolute Gasteiger partial charge is 0.142 e. The topological polar surface area (TPSA) is 60.7 Å². The number of nitrogens with zero attached hydrogens (tertiary/aromatic N) is 2. The lowest BCUT2D eigenvalue weighted by molar-refractivity contribution is 0.602. The molecule has 0 unspecified atom stereocenters. The van der Waals surface area contributed by atoms with Crippen molar-refractivity contribution in [3.8, 4) is 34.8 Å². The van der Waals surface area contributed by atoms with Gasteiger partial charge in [0.15, 0.2) is 0 Å². The van der Waals surface area contributed by atoms with Gasteiger partial charge in [-0.1, -0.05) is 24.3 Å². The van der Waals surface area contributed by atoms with Gasteiger partial charge in [-0.05, 0) is 48.5 Å². The molecule has 0 saturated heterocycles. The first-order valence-corrected chi connectivity index (χ1v) is 7.83. The highest BCUT2D eigenvalue weighted by Crippen LogP contribution is 2.39. The van der Waals surface area contributed by atoms with Crippen molar-refractivity contribution in [1.82, 2.24) is 0 Å². The van der Waals surface area contributed by atoms with E-state index < -0.39 is 0 Å². The highest BCUT2D eigenvalue weighted by atomic mass is 16.3. The molecule has 0 amide bonds. The Balaban J connectivity index is 1.91. The van der Waals surface area contributed by atoms with Crippen molar-refractivity contribution in [2.24, 2.45) is 0 Å². The second-order valence-corrected chi connectivity index (χ2v) is 5.68. The average Bonchev–Trinajstić information content (AvgIpc) is 3.08. The zero-order valence-corrected chi connectivity index (χ0v) is 13.2. The van der Waals surface area contributed by atoms with E-state index in [1.807, 2.05) is 48.5 Å². The number of hydrogen-bond acceptors (Lipinski definition) is 3. The third-order valence-electron chi connectivity index (χ3n) is 4.17. The monoisotopic (exact) mass is 320 g/mol. The van der Waals surface area contributed by atoms with Crippen LogP contribution in [0, 0.1) is 22.7 Å². The molecular weight excluding hydrogens is 308 g/mol. The van der Waals surface area contributed by atoms with Crippen molar-refractivity contribution in [2.45, 2.75) is 0 Å². The van der Waals surface area contributed by atoms with Gasteiger partial charge in [0.2, 0.25) is 0 Å². The molecule has 3 nitrogen and oxygen atoms in total. The Labute approximate surface area is 145 Å². The van der Waals surface area contributed by atoms with E-state index in [0.29, 0.717) is 11.1 Å². The Morgan fingerprint density at radius 3 is 1.32 bits per heavy atom. The first-order valence-electron chi connectivity index (χ1n) is 7.83. The predicted octanol–water partition coefficient (Wildman–Crippen LogP) is 5.51. The summed E-state index contributed by atoms with van der Waals surface area (Å²) in [5, 5.41) is 20.0. The summed E-state index contributed by atoms with van der Waals surface area (Å²) in [6.07, 6.45) is 0. The molecule has 0 atom stereocenters. The van der Waals surface area contributed by atoms with E-state index in [2.05, 4.69) is 12.1 Å². The van der Waals surface area contributed by atoms with Crippen molar-refractivity contribution in [1.29, 1.82) is 10.5 Å². The number of furan rings is 1. The van der Waals surface area contributed by atoms with Gasteiger partial charge in [0, 0.05) is 21.9 Å². The van der Waals surface area contributed by atoms with E-state index in [1.165, 1.54) is 0 Å². The van der Waals surface area contributed by atoms with Gasteiger partial charge in [0.1, 0.15) is 11.5 Å². The predicted molar refractivity (Wildman–Crippen MR) is 96.5 cm³/mol. The summed E-state index contributed by atoms with van der Waals surface area (Å²) < 4.78 is 6.22. The van der Waals surface area contributed by atoms with Crippen molar-refractivity contribution in [3.63, 3.8) is 0 Å². The van der Waals surface area contributed by atoms with E-state index in [4.69, 9.17) is 14.9 Å². The Hall–Kier alpha value is -3.82. The van der Waals surface area contributed by atoms with Crippen LogP contribution in [0.2, 0.25) is 0 Å². The van der Waals surface area contributed by atoms with Crippen LogP contribution in [0.3, 0.4) is 0 Å². The maximum Gasteiger partial charge on any atom is 0.142 e. The lowest BCUT2D eigenvalue weighted by Crippen LogP contribution is -1.77. The molecule has 4 rings (SSSR count). The van der Waals surface area contributed by atoms with Crippen LogP contribution in [0.5, 0.6) is 0 Å². The molecule has 1 heterocycles. The van der Waals surface area contributed by atoms with Gasteiger partial charge in [-0.2, -0.15) is 10.5 Å². The average molecular weight is 320 g/mol. The lowest BCUT2D eigenvalue weighted by atomic mass is 10.0. The van der Waals surface area contributed by atoms with Gasteiger partial charge in [-0.15, -0.1) is 0 Å². The summed E-state index contributed by atoms with van der Waals surface area (Å²) in [6.45, 7) is 0. The Morgan fingerprint density at radius 1 is 0.560 bits per heavy atom. The lowest BCUT2D eigenvalue weighted by Gasteiger charge is -1.99. The molecule has 116 valence electrons. The zero-order chi connectivity index (χ0) is 17.2. The number of benzene rings is 3. The molecule has 0 aliphatic rings. The summed E-state index contributed by atoms with van der Waals surface area (Å²) in [4.78, 5) is 0. The van der Waals surface area contributed by atoms with E-state index >= 15 is 0 Å². The second kappa shape index (κ2) is 6.00. The zero-order valence-electron chi connectivity index (χ0n) is 13.2. The first kappa shape index (κ1) is 14.8. The number of rotatable bonds is 2. The molecule has 3 heteroatoms. The Kier molecular flexibility index (Phi) is 3.54. The Bertz CT molecular complexity index is 1050. The molecular formula is C22H12N2O. The normalized spacial score (nSPS) is 10.3. The summed E-state index contributed by atoms with van der Waals surface area (Å²) in [6, 6.07) is 27.0. The third-order valence-corrected chi connectivity index (χ3v) is 4.17. The number of nitriles is 2. The Morgan fingerprint density at radius 2 is 0.960 bits per heavy atom. The van der Waals surface area contributed by atoms with Crippen LogP contribution in [0.15, 0.2) is 77.2 Å². The third kappa shape index (κ3) is 2.55. The van der Waals surface area contributed by atoms with Crippen molar-refractivity contribution < 1.29 is 4.42 Å². The van der Waals surface area contributed by atoms with Crippen molar-refractivity contribution in [2.75, 3.05) is 0 Å². The fourth-order valence-corrected chi connectivity index (χ4v) is 2.91. The maximum absolute atomic E-state index is 8.97. The van der Waals surface area contributed by atoms with E-state index in [1.54, 1.807) is 24.3 Å². The second-order valence-electron chi connectivity index (χ2n) is 5.68. The molecule has 0 N–H and O–H groups in total. The minimum atomic E-state index is 0.618. The standard InChI is InChI=1S/C22H12N2O/c23-13-15-5-9-17(10-6-15)21-19-3-1-2-4-20(19)22(25-21)18-11-7-16(14-24)8-12-18/h1-12H. The van der Waals surface area contributed by atoms with Crippen LogP contribution in [-0.2, 0) is 0 Å². The summed E-state index contributed by atoms with van der Waals surface area (Å²) in [7, 11) is 0. The van der Waals surface area contributed by atoms with Gasteiger partial charge in [-0.3, -0.25) is 0 Å². The number of fused-ring (bicyclic) bond motifs is 1. The van der Waals surface area contributed by atoms with Crippen LogP contribution in [0.4, 0.5) is 0 Å². The SMILES string of the molecule is N#Cc1ccc(-c2oc(-c3ccc(C#N)cc3)c3ccccc23)cc1. The number of hydrogen-bond donors (Lipinski definition) is 0. The fourth-order valence-electron chi connectivity index (χ4n) is 2.91. The van der Waals surface area contributed by atoms with Crippen LogP contribution in [0.25, 0.3) is 33.4 Å². The molecule has 0 aliphatic carbocycles. The van der Waals surface area contributed by atoms with Crippen LogP contribution >= 0.6 is 0 Å². The van der Waals surface area contributed by atoms with Gasteiger partial charge in [-0.25, -0.2) is 0 Å². The van der Waals surface area contributed by atoms with E-state index in [-0.39, 0.29) is 0 Å². The highest BCUT2D eigenvalue weighted by molar-refractivity contribution is 6.02. The van der Waals surface area contributed by atoms with Gasteiger partial charge >= 0.3 is 0 Å². The van der Waals surface area contributed by atoms with Crippen LogP contribution < -0.4 is 0 Å². The fraction of sp³-hybridized carbons (Fsp3) is 0. The van der Waals surface area contributed by atoms with Gasteiger partial charge in [0.05, 0.1) is 23.3 Å². The largest absolute Gasteiger partial charge is 0.455 e. The molecule has 1 aromatic heterocycles. The molecule has 25 heavy (non-hydrogen) atoms. The van der Waals surface area contributed by atoms with Crippen LogP contribution in [0.1, 0.15) is 11.1 Å². The molecule has 0 fully saturated rings. The van der Waals surface area contributed by atoms with Gasteiger partial charge < -0.3 is 4.42 Å². The van der Waals surface area contributed by atoms with Crippen molar-refractivity contribution in [3.05, 3.63) is 83.9 Å². The molecule has 0 radical (unpaired) electrons. The summed E-state index contributed by atoms with van der Waals surface area (Å²) in [5.41, 5.74) is 3.09. The molecule has 4 aromatic rings. The van der Waals surface area contributed by atoms with Crippen LogP contribution in [-0.4, -0.2) is 0 Å². The van der Waals surface area contributed by atoms with E-state index in [0.717, 1.165) is 33.4 Å². The molecule has 0 spiro atoms. The van der Waals surface area contributed by atoms with Crippen molar-refractivity contribution >= 4 is 10.8 Å². The highest BCUT2D eigenvalue weighted by Gasteiger charge is 2.15. The maximum atomic E-state index is 8.97. The first-order chi connectivity index (χ1) is 12.3. The quantitative estimate of drug-likeness (QED) is 0.489.